The van der Waals surface area contributed by atoms with Gasteiger partial charge in [-0.2, -0.15) is 0 Å². The van der Waals surface area contributed by atoms with E-state index >= 15 is 0 Å². The van der Waals surface area contributed by atoms with Crippen molar-refractivity contribution in [1.82, 2.24) is 0 Å². The Hall–Kier alpha value is -1.17. The standard InChI is InChI=1S/C23H37NO2SSi/c1-7-28(8-2,9-3)26-23-17-13-16-21(18-22(23)19(4)5)27(25,24-6)20-14-11-10-12-15-20/h10-15,17-19,22-23H,7-9,16H2,1-6H3/t22-,23-,27+/m0/s1. The van der Waals surface area contributed by atoms with Crippen molar-refractivity contribution in [2.45, 2.75) is 70.2 Å². The molecule has 1 aliphatic rings. The molecule has 0 fully saturated rings. The average Bonchev–Trinajstić information content (AvgIpc) is 2.95. The van der Waals surface area contributed by atoms with Crippen LogP contribution in [0.2, 0.25) is 18.1 Å². The molecule has 5 heteroatoms. The van der Waals surface area contributed by atoms with Gasteiger partial charge in [-0.15, -0.1) is 0 Å². The maximum atomic E-state index is 13.9. The third-order valence-electron chi connectivity index (χ3n) is 6.17. The summed E-state index contributed by atoms with van der Waals surface area (Å²) in [5, 5.41) is 0. The fourth-order valence-corrected chi connectivity index (χ4v) is 8.74. The molecule has 0 aromatic heterocycles. The summed E-state index contributed by atoms with van der Waals surface area (Å²) in [6, 6.07) is 13.1. The summed E-state index contributed by atoms with van der Waals surface area (Å²) < 4.78 is 25.1. The quantitative estimate of drug-likeness (QED) is 0.349. The SMILES string of the molecule is CC[Si](CC)(CC)O[C@H]1C=CCC([S@@](=O)(=NC)c2ccccc2)=C[C@H]1C(C)C. The highest BCUT2D eigenvalue weighted by atomic mass is 32.2. The molecule has 0 aliphatic heterocycles. The molecule has 0 saturated heterocycles. The van der Waals surface area contributed by atoms with Crippen molar-refractivity contribution >= 4 is 18.0 Å². The van der Waals surface area contributed by atoms with Crippen LogP contribution in [0, 0.1) is 11.8 Å². The first-order chi connectivity index (χ1) is 13.4. The third kappa shape index (κ3) is 4.86. The van der Waals surface area contributed by atoms with E-state index in [-0.39, 0.29) is 12.0 Å². The molecule has 0 amide bonds. The Morgan fingerprint density at radius 2 is 1.75 bits per heavy atom. The van der Waals surface area contributed by atoms with Crippen molar-refractivity contribution in [3.05, 3.63) is 53.5 Å². The molecule has 28 heavy (non-hydrogen) atoms. The van der Waals surface area contributed by atoms with E-state index in [9.17, 15) is 4.21 Å². The molecule has 0 radical (unpaired) electrons. The zero-order valence-electron chi connectivity index (χ0n) is 18.4. The lowest BCUT2D eigenvalue weighted by Gasteiger charge is -2.36. The highest BCUT2D eigenvalue weighted by Crippen LogP contribution is 2.35. The molecule has 3 atom stereocenters. The number of hydrogen-bond donors (Lipinski definition) is 0. The Bertz CT molecular complexity index is 795. The second-order valence-corrected chi connectivity index (χ2v) is 15.1. The van der Waals surface area contributed by atoms with E-state index in [1.807, 2.05) is 30.3 Å². The van der Waals surface area contributed by atoms with E-state index in [0.717, 1.165) is 27.9 Å². The topological polar surface area (TPSA) is 38.7 Å². The summed E-state index contributed by atoms with van der Waals surface area (Å²) in [5.41, 5.74) is 0. The van der Waals surface area contributed by atoms with Crippen molar-refractivity contribution in [2.75, 3.05) is 7.05 Å². The van der Waals surface area contributed by atoms with Crippen molar-refractivity contribution in [2.24, 2.45) is 16.2 Å². The Labute approximate surface area is 173 Å². The molecule has 1 aromatic carbocycles. The van der Waals surface area contributed by atoms with Crippen LogP contribution in [0.1, 0.15) is 41.0 Å². The van der Waals surface area contributed by atoms with Crippen molar-refractivity contribution in [1.29, 1.82) is 0 Å². The predicted octanol–water partition coefficient (Wildman–Crippen LogP) is 6.65. The lowest BCUT2D eigenvalue weighted by molar-refractivity contribution is 0.162. The lowest BCUT2D eigenvalue weighted by atomic mass is 9.90. The molecule has 0 bridgehead atoms. The fourth-order valence-electron chi connectivity index (χ4n) is 3.99. The Morgan fingerprint density at radius 1 is 1.14 bits per heavy atom. The number of benzene rings is 1. The number of allylic oxidation sites excluding steroid dienone is 2. The molecule has 2 rings (SSSR count). The van der Waals surface area contributed by atoms with Crippen LogP contribution in [-0.2, 0) is 14.2 Å². The van der Waals surface area contributed by atoms with E-state index in [4.69, 9.17) is 4.43 Å². The first-order valence-corrected chi connectivity index (χ1v) is 14.7. The molecule has 0 heterocycles. The van der Waals surface area contributed by atoms with E-state index < -0.39 is 18.0 Å². The van der Waals surface area contributed by atoms with Crippen molar-refractivity contribution in [3.63, 3.8) is 0 Å². The van der Waals surface area contributed by atoms with Gasteiger partial charge in [-0.1, -0.05) is 71.0 Å². The number of rotatable bonds is 8. The zero-order chi connectivity index (χ0) is 20.8. The van der Waals surface area contributed by atoms with Gasteiger partial charge >= 0.3 is 0 Å². The van der Waals surface area contributed by atoms with E-state index in [0.29, 0.717) is 12.3 Å². The highest BCUT2D eigenvalue weighted by molar-refractivity contribution is 7.97. The third-order valence-corrected chi connectivity index (χ3v) is 13.2. The largest absolute Gasteiger partial charge is 0.410 e. The summed E-state index contributed by atoms with van der Waals surface area (Å²) in [6.45, 7) is 11.3. The number of nitrogens with zero attached hydrogens (tertiary/aromatic N) is 1. The first kappa shape index (κ1) is 23.1. The van der Waals surface area contributed by atoms with Gasteiger partial charge in [0.05, 0.1) is 20.7 Å². The van der Waals surface area contributed by atoms with Crippen LogP contribution in [0.15, 0.2) is 62.7 Å². The van der Waals surface area contributed by atoms with Gasteiger partial charge in [0.15, 0.2) is 8.32 Å². The second kappa shape index (κ2) is 10.0. The molecule has 1 aromatic rings. The van der Waals surface area contributed by atoms with Gasteiger partial charge in [0.25, 0.3) is 0 Å². The lowest BCUT2D eigenvalue weighted by Crippen LogP contribution is -2.42. The highest BCUT2D eigenvalue weighted by Gasteiger charge is 2.35. The smallest absolute Gasteiger partial charge is 0.192 e. The van der Waals surface area contributed by atoms with Crippen LogP contribution >= 0.6 is 0 Å². The van der Waals surface area contributed by atoms with Crippen LogP contribution in [0.5, 0.6) is 0 Å². The molecule has 0 spiro atoms. The Morgan fingerprint density at radius 3 is 2.25 bits per heavy atom. The molecule has 156 valence electrons. The van der Waals surface area contributed by atoms with Crippen LogP contribution < -0.4 is 0 Å². The van der Waals surface area contributed by atoms with Gasteiger partial charge in [-0.3, -0.25) is 0 Å². The second-order valence-electron chi connectivity index (χ2n) is 7.93. The van der Waals surface area contributed by atoms with Crippen LogP contribution in [0.3, 0.4) is 0 Å². The van der Waals surface area contributed by atoms with Gasteiger partial charge in [-0.25, -0.2) is 8.57 Å². The van der Waals surface area contributed by atoms with Crippen molar-refractivity contribution in [3.8, 4) is 0 Å². The van der Waals surface area contributed by atoms with Gasteiger partial charge < -0.3 is 4.43 Å². The Kier molecular flexibility index (Phi) is 8.28. The fraction of sp³-hybridized carbons (Fsp3) is 0.565. The van der Waals surface area contributed by atoms with E-state index in [2.05, 4.69) is 57.2 Å². The molecule has 3 nitrogen and oxygen atoms in total. The maximum Gasteiger partial charge on any atom is 0.192 e. The molecular weight excluding hydrogens is 382 g/mol. The molecule has 1 aliphatic carbocycles. The monoisotopic (exact) mass is 419 g/mol. The van der Waals surface area contributed by atoms with E-state index in [1.165, 1.54) is 0 Å². The maximum absolute atomic E-state index is 13.9. The molecule has 0 unspecified atom stereocenters. The predicted molar refractivity (Wildman–Crippen MR) is 123 cm³/mol. The summed E-state index contributed by atoms with van der Waals surface area (Å²) in [4.78, 5) is 1.71. The minimum atomic E-state index is -2.59. The number of hydrogen-bond acceptors (Lipinski definition) is 3. The van der Waals surface area contributed by atoms with Gasteiger partial charge in [0.2, 0.25) is 0 Å². The Balaban J connectivity index is 2.48. The van der Waals surface area contributed by atoms with Gasteiger partial charge in [0.1, 0.15) is 0 Å². The normalized spacial score (nSPS) is 22.5. The minimum absolute atomic E-state index is 0.0558. The first-order valence-electron chi connectivity index (χ1n) is 10.6. The minimum Gasteiger partial charge on any atom is -0.410 e. The summed E-state index contributed by atoms with van der Waals surface area (Å²) in [5.74, 6) is 0.605. The van der Waals surface area contributed by atoms with Crippen LogP contribution in [-0.4, -0.2) is 25.7 Å². The zero-order valence-corrected chi connectivity index (χ0v) is 20.2. The van der Waals surface area contributed by atoms with E-state index in [1.54, 1.807) is 7.05 Å². The van der Waals surface area contributed by atoms with Gasteiger partial charge in [0, 0.05) is 17.9 Å². The average molecular weight is 420 g/mol. The summed E-state index contributed by atoms with van der Waals surface area (Å²) in [7, 11) is -2.65. The van der Waals surface area contributed by atoms with Crippen LogP contribution in [0.25, 0.3) is 0 Å². The molecule has 0 N–H and O–H groups in total. The summed E-state index contributed by atoms with van der Waals surface area (Å²) in [6.07, 6.45) is 7.30. The molecular formula is C23H37NO2SSi. The van der Waals surface area contributed by atoms with Crippen LogP contribution in [0.4, 0.5) is 0 Å². The molecule has 0 saturated carbocycles. The van der Waals surface area contributed by atoms with Crippen molar-refractivity contribution < 1.29 is 8.63 Å². The van der Waals surface area contributed by atoms with Gasteiger partial charge in [-0.05, 0) is 42.6 Å². The summed E-state index contributed by atoms with van der Waals surface area (Å²) >= 11 is 0.